The van der Waals surface area contributed by atoms with Gasteiger partial charge in [-0.05, 0) is 0 Å². The van der Waals surface area contributed by atoms with Gasteiger partial charge in [0.2, 0.25) is 0 Å². The Kier molecular flexibility index (Phi) is 9.36. The maximum absolute atomic E-state index is 7.67. The molecule has 3 heteroatoms. The zero-order valence-electron chi connectivity index (χ0n) is 10.5. The second kappa shape index (κ2) is 7.75. The number of rotatable bonds is 3. The molecular weight excluding hydrogens is 253 g/mol. The van der Waals surface area contributed by atoms with E-state index in [4.69, 9.17) is 5.73 Å². The Morgan fingerprint density at radius 2 is 1.21 bits per heavy atom. The van der Waals surface area contributed by atoms with Crippen LogP contribution in [0.25, 0.3) is 5.73 Å². The normalized spacial score (nSPS) is 11.6. The monoisotopic (exact) mass is 278 g/mol. The predicted octanol–water partition coefficient (Wildman–Crippen LogP) is 4.52. The molecule has 0 aliphatic rings. The van der Waals surface area contributed by atoms with Crippen LogP contribution < -0.4 is 0 Å². The van der Waals surface area contributed by atoms with Gasteiger partial charge in [-0.25, -0.2) is 0 Å². The van der Waals surface area contributed by atoms with Gasteiger partial charge in [-0.15, -0.1) is 5.54 Å². The zero-order valence-corrected chi connectivity index (χ0v) is 12.7. The van der Waals surface area contributed by atoms with Crippen LogP contribution in [-0.2, 0) is 20.9 Å². The van der Waals surface area contributed by atoms with E-state index in [9.17, 15) is 0 Å². The molecule has 0 radical (unpaired) electrons. The fourth-order valence-corrected chi connectivity index (χ4v) is 0.750. The molecule has 0 fully saturated rings. The van der Waals surface area contributed by atoms with E-state index in [0.717, 1.165) is 19.3 Å². The van der Waals surface area contributed by atoms with E-state index in [2.05, 4.69) is 44.9 Å². The maximum Gasteiger partial charge on any atom is -0.0665 e. The third-order valence-corrected chi connectivity index (χ3v) is 3.81. The van der Waals surface area contributed by atoms with Crippen molar-refractivity contribution in [3.63, 3.8) is 0 Å². The Balaban J connectivity index is 0. The van der Waals surface area contributed by atoms with Crippen molar-refractivity contribution in [2.45, 2.75) is 71.9 Å². The smallest absolute Gasteiger partial charge is 0.0665 e. The van der Waals surface area contributed by atoms with Crippen molar-refractivity contribution in [3.8, 4) is 0 Å². The molecule has 0 saturated heterocycles. The van der Waals surface area contributed by atoms with E-state index in [1.54, 1.807) is 0 Å². The van der Waals surface area contributed by atoms with Gasteiger partial charge in [0.15, 0.2) is 0 Å². The van der Waals surface area contributed by atoms with Gasteiger partial charge < -0.3 is 5.73 Å². The van der Waals surface area contributed by atoms with Crippen molar-refractivity contribution in [1.82, 2.24) is 0 Å². The molecule has 0 rings (SSSR count). The van der Waals surface area contributed by atoms with Gasteiger partial charge >= 0.3 is 50.5 Å². The number of nitrogens with one attached hydrogen (secondary N) is 1. The Morgan fingerprint density at radius 1 is 1.00 bits per heavy atom. The van der Waals surface area contributed by atoms with Gasteiger partial charge in [0.25, 0.3) is 0 Å². The molecule has 0 aromatic carbocycles. The van der Waals surface area contributed by atoms with Crippen molar-refractivity contribution in [3.05, 3.63) is 5.73 Å². The molecule has 0 aromatic heterocycles. The van der Waals surface area contributed by atoms with Crippen molar-refractivity contribution >= 4 is 0 Å². The molecule has 1 N–H and O–H groups in total. The maximum atomic E-state index is 7.67. The minimum Gasteiger partial charge on any atom is -0.672 e. The van der Waals surface area contributed by atoms with Crippen molar-refractivity contribution in [2.24, 2.45) is 3.34 Å². The van der Waals surface area contributed by atoms with Crippen molar-refractivity contribution in [1.29, 1.82) is 0 Å². The molecule has 0 amide bonds. The molecule has 0 heterocycles. The van der Waals surface area contributed by atoms with Crippen LogP contribution in [0.3, 0.4) is 0 Å². The number of nitrogens with zero attached hydrogens (tertiary/aromatic N) is 1. The second-order valence-corrected chi connectivity index (χ2v) is 5.10. The topological polar surface area (TPSA) is 36.2 Å². The summed E-state index contributed by atoms with van der Waals surface area (Å²) in [6.45, 7) is 12.5. The predicted molar refractivity (Wildman–Crippen MR) is 60.1 cm³/mol. The minimum absolute atomic E-state index is 0.125. The molecule has 0 aliphatic carbocycles. The number of hydrogen-bond donors (Lipinski definition) is 0. The summed E-state index contributed by atoms with van der Waals surface area (Å²) < 4.78 is 4.07. The first-order chi connectivity index (χ1) is 6.24. The third kappa shape index (κ3) is 10.6. The second-order valence-electron chi connectivity index (χ2n) is 4.61. The molecule has 0 atom stereocenters. The molecule has 0 spiro atoms. The van der Waals surface area contributed by atoms with E-state index in [-0.39, 0.29) is 11.1 Å². The van der Waals surface area contributed by atoms with Crippen LogP contribution in [-0.4, -0.2) is 11.1 Å². The summed E-state index contributed by atoms with van der Waals surface area (Å²) in [5, 5.41) is 0. The van der Waals surface area contributed by atoms with E-state index < -0.39 is 0 Å². The van der Waals surface area contributed by atoms with Gasteiger partial charge in [0.1, 0.15) is 0 Å². The summed E-state index contributed by atoms with van der Waals surface area (Å²) in [7, 11) is 0. The van der Waals surface area contributed by atoms with Gasteiger partial charge in [-0.1, -0.05) is 40.0 Å². The Bertz CT molecular complexity index is 138. The Hall–Kier alpha value is 0.500. The summed E-state index contributed by atoms with van der Waals surface area (Å²) in [5.74, 6) is 0. The standard InChI is InChI=1S/C7H16N.C4H9N.Nb/c1-4-7(8,5-2)6-3;1-4(2,3)5;/h8H,4-6H2,1-3H3;1-3H3;/q-1;;. The van der Waals surface area contributed by atoms with E-state index in [1.807, 2.05) is 0 Å². The first-order valence-electron chi connectivity index (χ1n) is 5.36. The van der Waals surface area contributed by atoms with Crippen LogP contribution in [0.2, 0.25) is 0 Å². The summed E-state index contributed by atoms with van der Waals surface area (Å²) in [4.78, 5) is 0. The Morgan fingerprint density at radius 3 is 1.21 bits per heavy atom. The average molecular weight is 278 g/mol. The van der Waals surface area contributed by atoms with Crippen LogP contribution >= 0.6 is 0 Å². The molecule has 14 heavy (non-hydrogen) atoms. The van der Waals surface area contributed by atoms with E-state index >= 15 is 0 Å². The Labute approximate surface area is 102 Å². The third-order valence-electron chi connectivity index (χ3n) is 2.33. The molecule has 0 saturated carbocycles. The van der Waals surface area contributed by atoms with Crippen LogP contribution in [0, 0.1) is 0 Å². The molecule has 2 nitrogen and oxygen atoms in total. The molecule has 0 aliphatic heterocycles. The molecule has 85 valence electrons. The number of hydrogen-bond acceptors (Lipinski definition) is 1. The van der Waals surface area contributed by atoms with E-state index in [1.165, 1.54) is 20.9 Å². The largest absolute Gasteiger partial charge is 0.672 e. The minimum atomic E-state index is -0.125. The summed E-state index contributed by atoms with van der Waals surface area (Å²) in [5.41, 5.74) is 7.73. The summed E-state index contributed by atoms with van der Waals surface area (Å²) >= 11 is 1.52. The molecular formula is C11H25N2Nb-. The van der Waals surface area contributed by atoms with Crippen molar-refractivity contribution in [2.75, 3.05) is 0 Å². The van der Waals surface area contributed by atoms with Gasteiger partial charge in [-0.3, -0.25) is 0 Å². The SMILES string of the molecule is CC(C)(C)[N]=[Nb].CCC([NH-])(CC)CC. The van der Waals surface area contributed by atoms with Crippen LogP contribution in [0.1, 0.15) is 60.8 Å². The first kappa shape index (κ1) is 16.9. The zero-order chi connectivity index (χ0) is 11.8. The summed E-state index contributed by atoms with van der Waals surface area (Å²) in [6.07, 6.45) is 2.96. The fraction of sp³-hybridized carbons (Fsp3) is 1.00. The van der Waals surface area contributed by atoms with Gasteiger partial charge in [0, 0.05) is 0 Å². The molecule has 0 aromatic rings. The van der Waals surface area contributed by atoms with E-state index in [0.29, 0.717) is 0 Å². The molecule has 0 unspecified atom stereocenters. The van der Waals surface area contributed by atoms with Gasteiger partial charge in [-0.2, -0.15) is 0 Å². The first-order valence-corrected chi connectivity index (χ1v) is 6.34. The summed E-state index contributed by atoms with van der Waals surface area (Å²) in [6, 6.07) is 0. The van der Waals surface area contributed by atoms with Crippen molar-refractivity contribution < 1.29 is 20.9 Å². The van der Waals surface area contributed by atoms with Crippen LogP contribution in [0.4, 0.5) is 0 Å². The molecule has 0 bridgehead atoms. The van der Waals surface area contributed by atoms with Crippen LogP contribution in [0.15, 0.2) is 3.34 Å². The quantitative estimate of drug-likeness (QED) is 0.680. The fourth-order valence-electron chi connectivity index (χ4n) is 0.750. The van der Waals surface area contributed by atoms with Gasteiger partial charge in [0.05, 0.1) is 0 Å². The average Bonchev–Trinajstić information content (AvgIpc) is 2.16. The van der Waals surface area contributed by atoms with Crippen LogP contribution in [0.5, 0.6) is 0 Å².